The van der Waals surface area contributed by atoms with Gasteiger partial charge in [0.15, 0.2) is 5.96 Å². The molecule has 0 spiro atoms. The molecule has 2 heterocycles. The smallest absolute Gasteiger partial charge is 0.191 e. The van der Waals surface area contributed by atoms with Crippen LogP contribution < -0.4 is 10.6 Å². The summed E-state index contributed by atoms with van der Waals surface area (Å²) < 4.78 is 5.50. The third kappa shape index (κ3) is 6.98. The Morgan fingerprint density at radius 1 is 1.03 bits per heavy atom. The average molecular weight is 574 g/mol. The monoisotopic (exact) mass is 573 g/mol. The number of aliphatic imine (C=N–C) groups is 1. The summed E-state index contributed by atoms with van der Waals surface area (Å²) in [5.41, 5.74) is 3.05. The number of hydrogen-bond acceptors (Lipinski definition) is 5. The Balaban J connectivity index is 0.00000289. The first-order valence-corrected chi connectivity index (χ1v) is 13.1. The fourth-order valence-electron chi connectivity index (χ4n) is 5.21. The Bertz CT molecular complexity index is 716. The maximum absolute atomic E-state index is 5.50. The van der Waals surface area contributed by atoms with E-state index >= 15 is 0 Å². The third-order valence-corrected chi connectivity index (χ3v) is 8.03. The van der Waals surface area contributed by atoms with Gasteiger partial charge < -0.3 is 15.4 Å². The van der Waals surface area contributed by atoms with E-state index in [1.807, 2.05) is 7.05 Å². The molecule has 0 aromatic heterocycles. The zero-order chi connectivity index (χ0) is 21.4. The van der Waals surface area contributed by atoms with E-state index in [-0.39, 0.29) is 24.0 Å². The van der Waals surface area contributed by atoms with E-state index in [1.54, 1.807) is 0 Å². The van der Waals surface area contributed by atoms with Gasteiger partial charge in [-0.2, -0.15) is 11.8 Å². The van der Waals surface area contributed by atoms with Gasteiger partial charge in [-0.15, -0.1) is 24.0 Å². The normalized spacial score (nSPS) is 22.3. The summed E-state index contributed by atoms with van der Waals surface area (Å²) in [6.07, 6.45) is 5.33. The van der Waals surface area contributed by atoms with Gasteiger partial charge in [-0.05, 0) is 24.0 Å². The van der Waals surface area contributed by atoms with Crippen LogP contribution in [0, 0.1) is 0 Å². The second kappa shape index (κ2) is 13.4. The lowest BCUT2D eigenvalue weighted by molar-refractivity contribution is 0.0341. The molecule has 3 fully saturated rings. The maximum Gasteiger partial charge on any atom is 0.191 e. The van der Waals surface area contributed by atoms with Crippen molar-refractivity contribution in [3.05, 3.63) is 35.4 Å². The zero-order valence-corrected chi connectivity index (χ0v) is 22.6. The van der Waals surface area contributed by atoms with Crippen LogP contribution in [0.4, 0.5) is 0 Å². The van der Waals surface area contributed by atoms with Crippen molar-refractivity contribution in [3.63, 3.8) is 0 Å². The minimum atomic E-state index is 0. The molecule has 180 valence electrons. The Hall–Kier alpha value is -0.550. The number of halogens is 1. The van der Waals surface area contributed by atoms with Crippen LogP contribution >= 0.6 is 35.7 Å². The van der Waals surface area contributed by atoms with Gasteiger partial charge in [0.1, 0.15) is 0 Å². The van der Waals surface area contributed by atoms with Crippen LogP contribution in [0.2, 0.25) is 0 Å². The van der Waals surface area contributed by atoms with Crippen molar-refractivity contribution in [3.8, 4) is 0 Å². The standard InChI is InChI=1S/C24H39N5OS.HI/c1-25-23(27-20-24(8-4-5-9-24)29-12-16-31-17-13-29)26-18-21-6-2-3-7-22(21)19-28-10-14-30-15-11-28;/h2-3,6-7H,4-5,8-20H2,1H3,(H2,25,26,27);1H. The molecule has 1 saturated carbocycles. The molecule has 0 unspecified atom stereocenters. The molecule has 4 rings (SSSR count). The molecule has 0 atom stereocenters. The SMILES string of the molecule is CN=C(NCc1ccccc1CN1CCOCC1)NCC1(N2CCSCC2)CCCC1.I. The van der Waals surface area contributed by atoms with Crippen molar-refractivity contribution < 1.29 is 4.74 Å². The van der Waals surface area contributed by atoms with Gasteiger partial charge in [0.2, 0.25) is 0 Å². The van der Waals surface area contributed by atoms with E-state index in [4.69, 9.17) is 4.74 Å². The number of thioether (sulfide) groups is 1. The van der Waals surface area contributed by atoms with Crippen molar-refractivity contribution in [2.24, 2.45) is 4.99 Å². The fraction of sp³-hybridized carbons (Fsp3) is 0.708. The largest absolute Gasteiger partial charge is 0.379 e. The zero-order valence-electron chi connectivity index (χ0n) is 19.5. The van der Waals surface area contributed by atoms with Gasteiger partial charge in [-0.25, -0.2) is 0 Å². The van der Waals surface area contributed by atoms with Crippen LogP contribution in [0.3, 0.4) is 0 Å². The van der Waals surface area contributed by atoms with Crippen molar-refractivity contribution >= 4 is 41.7 Å². The number of hydrogen-bond donors (Lipinski definition) is 2. The van der Waals surface area contributed by atoms with E-state index in [9.17, 15) is 0 Å². The number of ether oxygens (including phenoxy) is 1. The topological polar surface area (TPSA) is 52.1 Å². The number of rotatable bonds is 7. The average Bonchev–Trinajstić information content (AvgIpc) is 3.32. The molecule has 6 nitrogen and oxygen atoms in total. The minimum absolute atomic E-state index is 0. The summed E-state index contributed by atoms with van der Waals surface area (Å²) in [5.74, 6) is 3.46. The Kier molecular flexibility index (Phi) is 10.9. The van der Waals surface area contributed by atoms with Crippen LogP contribution in [0.5, 0.6) is 0 Å². The number of morpholine rings is 1. The second-order valence-electron chi connectivity index (χ2n) is 8.97. The van der Waals surface area contributed by atoms with Gasteiger partial charge in [0.05, 0.1) is 13.2 Å². The molecule has 3 aliphatic rings. The Labute approximate surface area is 215 Å². The van der Waals surface area contributed by atoms with E-state index < -0.39 is 0 Å². The van der Waals surface area contributed by atoms with Crippen molar-refractivity contribution in [1.29, 1.82) is 0 Å². The molecule has 0 amide bonds. The van der Waals surface area contributed by atoms with Crippen LogP contribution in [-0.4, -0.2) is 85.8 Å². The number of benzene rings is 1. The highest BCUT2D eigenvalue weighted by molar-refractivity contribution is 14.0. The molecule has 32 heavy (non-hydrogen) atoms. The predicted octanol–water partition coefficient (Wildman–Crippen LogP) is 3.16. The lowest BCUT2D eigenvalue weighted by Gasteiger charge is -2.43. The Morgan fingerprint density at radius 3 is 2.41 bits per heavy atom. The highest BCUT2D eigenvalue weighted by Gasteiger charge is 2.39. The van der Waals surface area contributed by atoms with E-state index in [2.05, 4.69) is 61.5 Å². The van der Waals surface area contributed by atoms with Gasteiger partial charge in [0.25, 0.3) is 0 Å². The highest BCUT2D eigenvalue weighted by Crippen LogP contribution is 2.36. The summed E-state index contributed by atoms with van der Waals surface area (Å²) in [5, 5.41) is 7.26. The molecular weight excluding hydrogens is 533 g/mol. The molecular formula is C24H40IN5OS. The van der Waals surface area contributed by atoms with Crippen LogP contribution in [0.25, 0.3) is 0 Å². The van der Waals surface area contributed by atoms with Gasteiger partial charge in [-0.1, -0.05) is 37.1 Å². The first kappa shape index (κ1) is 26.1. The summed E-state index contributed by atoms with van der Waals surface area (Å²) in [4.78, 5) is 9.77. The number of nitrogens with one attached hydrogen (secondary N) is 2. The van der Waals surface area contributed by atoms with Crippen molar-refractivity contribution in [2.75, 3.05) is 64.5 Å². The molecule has 1 aliphatic carbocycles. The van der Waals surface area contributed by atoms with Gasteiger partial charge in [0, 0.05) is 69.9 Å². The highest BCUT2D eigenvalue weighted by atomic mass is 127. The maximum atomic E-state index is 5.50. The van der Waals surface area contributed by atoms with Gasteiger partial charge >= 0.3 is 0 Å². The fourth-order valence-corrected chi connectivity index (χ4v) is 6.11. The number of guanidine groups is 1. The predicted molar refractivity (Wildman–Crippen MR) is 146 cm³/mol. The molecule has 2 saturated heterocycles. The number of nitrogens with zero attached hydrogens (tertiary/aromatic N) is 3. The molecule has 1 aromatic rings. The van der Waals surface area contributed by atoms with E-state index in [0.29, 0.717) is 5.54 Å². The second-order valence-corrected chi connectivity index (χ2v) is 10.2. The summed E-state index contributed by atoms with van der Waals surface area (Å²) in [6.45, 7) is 8.96. The van der Waals surface area contributed by atoms with E-state index in [0.717, 1.165) is 51.9 Å². The molecule has 1 aromatic carbocycles. The molecule has 0 bridgehead atoms. The van der Waals surface area contributed by atoms with Crippen molar-refractivity contribution in [2.45, 2.75) is 44.3 Å². The van der Waals surface area contributed by atoms with E-state index in [1.165, 1.54) is 61.4 Å². The minimum Gasteiger partial charge on any atom is -0.379 e. The Morgan fingerprint density at radius 2 is 1.72 bits per heavy atom. The lowest BCUT2D eigenvalue weighted by Crippen LogP contribution is -2.57. The quantitative estimate of drug-likeness (QED) is 0.297. The molecule has 2 N–H and O–H groups in total. The molecule has 2 aliphatic heterocycles. The lowest BCUT2D eigenvalue weighted by atomic mass is 9.94. The first-order chi connectivity index (χ1) is 15.3. The van der Waals surface area contributed by atoms with Gasteiger partial charge in [-0.3, -0.25) is 14.8 Å². The van der Waals surface area contributed by atoms with Crippen molar-refractivity contribution in [1.82, 2.24) is 20.4 Å². The first-order valence-electron chi connectivity index (χ1n) is 11.9. The summed E-state index contributed by atoms with van der Waals surface area (Å²) >= 11 is 2.10. The molecule has 0 radical (unpaired) electrons. The van der Waals surface area contributed by atoms with Crippen LogP contribution in [0.1, 0.15) is 36.8 Å². The summed E-state index contributed by atoms with van der Waals surface area (Å²) in [6, 6.07) is 8.77. The van der Waals surface area contributed by atoms with Crippen LogP contribution in [0.15, 0.2) is 29.3 Å². The molecule has 8 heteroatoms. The summed E-state index contributed by atoms with van der Waals surface area (Å²) in [7, 11) is 1.88. The third-order valence-electron chi connectivity index (χ3n) is 7.09. The van der Waals surface area contributed by atoms with Crippen LogP contribution in [-0.2, 0) is 17.8 Å².